The van der Waals surface area contributed by atoms with E-state index in [0.29, 0.717) is 11.7 Å². The van der Waals surface area contributed by atoms with Crippen LogP contribution in [0.4, 0.5) is 0 Å². The Bertz CT molecular complexity index is 611. The van der Waals surface area contributed by atoms with E-state index in [1.165, 1.54) is 19.3 Å². The first-order valence-corrected chi connectivity index (χ1v) is 10.6. The first kappa shape index (κ1) is 15.6. The molecule has 7 heteroatoms. The Balaban J connectivity index is 1.47. The van der Waals surface area contributed by atoms with Gasteiger partial charge in [-0.05, 0) is 44.4 Å². The number of hydrogen-bond acceptors (Lipinski definition) is 4. The van der Waals surface area contributed by atoms with Crippen molar-refractivity contribution in [2.75, 3.05) is 5.75 Å². The van der Waals surface area contributed by atoms with Gasteiger partial charge in [0.15, 0.2) is 0 Å². The molecular weight excluding hydrogens is 312 g/mol. The van der Waals surface area contributed by atoms with E-state index >= 15 is 0 Å². The first-order valence-electron chi connectivity index (χ1n) is 9.00. The van der Waals surface area contributed by atoms with Gasteiger partial charge in [-0.1, -0.05) is 19.3 Å². The maximum absolute atomic E-state index is 13.0. The zero-order chi connectivity index (χ0) is 15.9. The molecule has 2 bridgehead atoms. The molecule has 1 aliphatic carbocycles. The molecule has 1 aromatic heterocycles. The summed E-state index contributed by atoms with van der Waals surface area (Å²) < 4.78 is 27.9. The summed E-state index contributed by atoms with van der Waals surface area (Å²) in [5.74, 6) is 0.740. The number of aromatic nitrogens is 3. The van der Waals surface area contributed by atoms with Crippen LogP contribution < -0.4 is 0 Å². The van der Waals surface area contributed by atoms with Gasteiger partial charge in [0.2, 0.25) is 10.0 Å². The number of rotatable bonds is 4. The van der Waals surface area contributed by atoms with Crippen LogP contribution in [-0.4, -0.2) is 45.6 Å². The standard InChI is InChI=1S/C16H26N4O2S/c21-23(22,12-13-4-2-1-3-5-13)19-14-6-7-15(19)11-16(10-14)20-17-8-9-18-20/h8-9,13-16H,1-7,10-12H2. The molecule has 2 unspecified atom stereocenters. The van der Waals surface area contributed by atoms with Gasteiger partial charge in [0.25, 0.3) is 0 Å². The average molecular weight is 338 g/mol. The molecule has 1 saturated carbocycles. The fourth-order valence-corrected chi connectivity index (χ4v) is 7.29. The summed E-state index contributed by atoms with van der Waals surface area (Å²) in [7, 11) is -3.13. The summed E-state index contributed by atoms with van der Waals surface area (Å²) >= 11 is 0. The van der Waals surface area contributed by atoms with Crippen LogP contribution in [0.25, 0.3) is 0 Å². The van der Waals surface area contributed by atoms with Crippen molar-refractivity contribution in [1.82, 2.24) is 19.3 Å². The van der Waals surface area contributed by atoms with Crippen LogP contribution in [0.3, 0.4) is 0 Å². The molecule has 128 valence electrons. The van der Waals surface area contributed by atoms with Crippen LogP contribution in [0.2, 0.25) is 0 Å². The third-order valence-electron chi connectivity index (χ3n) is 5.90. The summed E-state index contributed by atoms with van der Waals surface area (Å²) in [6.45, 7) is 0. The minimum Gasteiger partial charge on any atom is -0.212 e. The molecule has 3 fully saturated rings. The van der Waals surface area contributed by atoms with Gasteiger partial charge >= 0.3 is 0 Å². The molecule has 0 radical (unpaired) electrons. The highest BCUT2D eigenvalue weighted by Gasteiger charge is 2.47. The quantitative estimate of drug-likeness (QED) is 0.845. The van der Waals surface area contributed by atoms with Crippen LogP contribution >= 0.6 is 0 Å². The highest BCUT2D eigenvalue weighted by Crippen LogP contribution is 2.42. The van der Waals surface area contributed by atoms with E-state index in [2.05, 4.69) is 10.2 Å². The summed E-state index contributed by atoms with van der Waals surface area (Å²) in [6, 6.07) is 0.556. The van der Waals surface area contributed by atoms with Crippen LogP contribution in [0, 0.1) is 5.92 Å². The van der Waals surface area contributed by atoms with Crippen LogP contribution in [0.15, 0.2) is 12.4 Å². The van der Waals surface area contributed by atoms with E-state index in [1.807, 2.05) is 4.31 Å². The van der Waals surface area contributed by atoms with E-state index in [9.17, 15) is 8.42 Å². The third kappa shape index (κ3) is 3.05. The molecule has 0 N–H and O–H groups in total. The molecular formula is C16H26N4O2S. The van der Waals surface area contributed by atoms with Crippen molar-refractivity contribution in [2.24, 2.45) is 5.92 Å². The summed E-state index contributed by atoms with van der Waals surface area (Å²) in [4.78, 5) is 1.77. The van der Waals surface area contributed by atoms with Gasteiger partial charge in [-0.25, -0.2) is 8.42 Å². The van der Waals surface area contributed by atoms with Gasteiger partial charge in [-0.15, -0.1) is 0 Å². The second kappa shape index (κ2) is 6.16. The third-order valence-corrected chi connectivity index (χ3v) is 8.03. The zero-order valence-corrected chi connectivity index (χ0v) is 14.4. The highest BCUT2D eigenvalue weighted by atomic mass is 32.2. The minimum absolute atomic E-state index is 0.151. The van der Waals surface area contributed by atoms with Gasteiger partial charge in [0.1, 0.15) is 0 Å². The minimum atomic E-state index is -3.13. The highest BCUT2D eigenvalue weighted by molar-refractivity contribution is 7.89. The summed E-state index contributed by atoms with van der Waals surface area (Å²) in [5.41, 5.74) is 0. The van der Waals surface area contributed by atoms with E-state index in [1.54, 1.807) is 17.2 Å². The van der Waals surface area contributed by atoms with Gasteiger partial charge in [0.05, 0.1) is 24.2 Å². The van der Waals surface area contributed by atoms with Gasteiger partial charge < -0.3 is 0 Å². The molecule has 2 aliphatic heterocycles. The topological polar surface area (TPSA) is 68.1 Å². The monoisotopic (exact) mass is 338 g/mol. The molecule has 23 heavy (non-hydrogen) atoms. The van der Waals surface area contributed by atoms with Crippen molar-refractivity contribution >= 4 is 10.0 Å². The molecule has 3 heterocycles. The second-order valence-corrected chi connectivity index (χ2v) is 9.39. The Kier molecular flexibility index (Phi) is 4.17. The van der Waals surface area contributed by atoms with Crippen LogP contribution in [0.1, 0.15) is 63.8 Å². The lowest BCUT2D eigenvalue weighted by molar-refractivity contribution is 0.173. The maximum Gasteiger partial charge on any atom is 0.214 e. The molecule has 3 aliphatic rings. The average Bonchev–Trinajstić information content (AvgIpc) is 3.15. The SMILES string of the molecule is O=S(=O)(CC1CCCCC1)N1C2CCC1CC(n1nccn1)C2. The second-order valence-electron chi connectivity index (χ2n) is 7.47. The number of hydrogen-bond donors (Lipinski definition) is 0. The van der Waals surface area contributed by atoms with Crippen molar-refractivity contribution in [3.63, 3.8) is 0 Å². The molecule has 6 nitrogen and oxygen atoms in total. The summed E-state index contributed by atoms with van der Waals surface area (Å²) in [5, 5.41) is 8.51. The molecule has 2 saturated heterocycles. The lowest BCUT2D eigenvalue weighted by Gasteiger charge is -2.38. The molecule has 0 aromatic carbocycles. The van der Waals surface area contributed by atoms with Crippen molar-refractivity contribution in [3.8, 4) is 0 Å². The Labute approximate surface area is 138 Å². The molecule has 0 amide bonds. The van der Waals surface area contributed by atoms with E-state index in [0.717, 1.165) is 38.5 Å². The largest absolute Gasteiger partial charge is 0.214 e. The van der Waals surface area contributed by atoms with Crippen molar-refractivity contribution in [2.45, 2.75) is 75.9 Å². The predicted octanol–water partition coefficient (Wildman–Crippen LogP) is 2.36. The fraction of sp³-hybridized carbons (Fsp3) is 0.875. The van der Waals surface area contributed by atoms with Crippen molar-refractivity contribution in [1.29, 1.82) is 0 Å². The van der Waals surface area contributed by atoms with E-state index in [-0.39, 0.29) is 18.1 Å². The number of fused-ring (bicyclic) bond motifs is 2. The number of nitrogens with zero attached hydrogens (tertiary/aromatic N) is 4. The maximum atomic E-state index is 13.0. The van der Waals surface area contributed by atoms with Gasteiger partial charge in [-0.3, -0.25) is 0 Å². The van der Waals surface area contributed by atoms with Crippen LogP contribution in [-0.2, 0) is 10.0 Å². The molecule has 1 aromatic rings. The number of piperidine rings is 1. The van der Waals surface area contributed by atoms with Crippen LogP contribution in [0.5, 0.6) is 0 Å². The Morgan fingerprint density at radius 2 is 1.48 bits per heavy atom. The molecule has 0 spiro atoms. The Morgan fingerprint density at radius 1 is 0.870 bits per heavy atom. The molecule has 2 atom stereocenters. The van der Waals surface area contributed by atoms with Crippen molar-refractivity contribution in [3.05, 3.63) is 12.4 Å². The summed E-state index contributed by atoms with van der Waals surface area (Å²) in [6.07, 6.45) is 12.9. The smallest absolute Gasteiger partial charge is 0.212 e. The van der Waals surface area contributed by atoms with Gasteiger partial charge in [-0.2, -0.15) is 19.3 Å². The lowest BCUT2D eigenvalue weighted by atomic mass is 9.91. The van der Waals surface area contributed by atoms with Crippen molar-refractivity contribution < 1.29 is 8.42 Å². The van der Waals surface area contributed by atoms with E-state index < -0.39 is 10.0 Å². The normalized spacial score (nSPS) is 33.1. The zero-order valence-electron chi connectivity index (χ0n) is 13.5. The number of sulfonamides is 1. The fourth-order valence-electron chi connectivity index (χ4n) is 4.90. The Hall–Kier alpha value is -0.950. The van der Waals surface area contributed by atoms with Gasteiger partial charge in [0, 0.05) is 12.1 Å². The lowest BCUT2D eigenvalue weighted by Crippen LogP contribution is -2.48. The predicted molar refractivity (Wildman–Crippen MR) is 87.3 cm³/mol. The Morgan fingerprint density at radius 3 is 2.09 bits per heavy atom. The molecule has 4 rings (SSSR count). The van der Waals surface area contributed by atoms with E-state index in [4.69, 9.17) is 0 Å². The first-order chi connectivity index (χ1) is 11.1.